The normalized spacial score (nSPS) is 12.3. The minimum absolute atomic E-state index is 0.0176. The number of benzene rings is 1. The minimum Gasteiger partial charge on any atom is -0.492 e. The Labute approximate surface area is 128 Å². The van der Waals surface area contributed by atoms with E-state index >= 15 is 0 Å². The van der Waals surface area contributed by atoms with E-state index in [4.69, 9.17) is 10.5 Å². The SMILES string of the molecule is CCOc1cc(CC(N)CC)ccc1NC(=O)CC(C)C. The number of amides is 1. The minimum atomic E-state index is 0.0176. The van der Waals surface area contributed by atoms with Crippen LogP contribution < -0.4 is 15.8 Å². The van der Waals surface area contributed by atoms with Gasteiger partial charge in [-0.3, -0.25) is 4.79 Å². The first kappa shape index (κ1) is 17.5. The van der Waals surface area contributed by atoms with Crippen molar-refractivity contribution in [3.63, 3.8) is 0 Å². The summed E-state index contributed by atoms with van der Waals surface area (Å²) in [5, 5.41) is 2.93. The summed E-state index contributed by atoms with van der Waals surface area (Å²) in [6.07, 6.45) is 2.27. The Balaban J connectivity index is 2.85. The van der Waals surface area contributed by atoms with Gasteiger partial charge in [0.25, 0.3) is 0 Å². The molecular formula is C17H28N2O2. The maximum Gasteiger partial charge on any atom is 0.224 e. The van der Waals surface area contributed by atoms with Gasteiger partial charge < -0.3 is 15.8 Å². The third-order valence-corrected chi connectivity index (χ3v) is 3.24. The Hall–Kier alpha value is -1.55. The fourth-order valence-electron chi connectivity index (χ4n) is 2.09. The number of ether oxygens (including phenoxy) is 1. The Morgan fingerprint density at radius 3 is 2.62 bits per heavy atom. The van der Waals surface area contributed by atoms with E-state index in [9.17, 15) is 4.79 Å². The topological polar surface area (TPSA) is 64.3 Å². The number of nitrogens with one attached hydrogen (secondary N) is 1. The summed E-state index contributed by atoms with van der Waals surface area (Å²) >= 11 is 0. The maximum absolute atomic E-state index is 11.9. The number of nitrogens with two attached hydrogens (primary N) is 1. The van der Waals surface area contributed by atoms with Crippen LogP contribution in [0.1, 0.15) is 46.1 Å². The van der Waals surface area contributed by atoms with Gasteiger partial charge in [-0.2, -0.15) is 0 Å². The summed E-state index contributed by atoms with van der Waals surface area (Å²) in [6, 6.07) is 6.04. The van der Waals surface area contributed by atoms with Crippen molar-refractivity contribution in [1.29, 1.82) is 0 Å². The van der Waals surface area contributed by atoms with Gasteiger partial charge in [-0.15, -0.1) is 0 Å². The Kier molecular flexibility index (Phi) is 7.23. The summed E-state index contributed by atoms with van der Waals surface area (Å²) in [5.41, 5.74) is 7.86. The van der Waals surface area contributed by atoms with E-state index in [-0.39, 0.29) is 11.9 Å². The number of carbonyl (C=O) groups is 1. The van der Waals surface area contributed by atoms with Crippen molar-refractivity contribution in [2.24, 2.45) is 11.7 Å². The average Bonchev–Trinajstić information content (AvgIpc) is 2.41. The van der Waals surface area contributed by atoms with Gasteiger partial charge in [0.2, 0.25) is 5.91 Å². The molecule has 1 atom stereocenters. The molecule has 1 aromatic rings. The van der Waals surface area contributed by atoms with Crippen LogP contribution in [0.25, 0.3) is 0 Å². The molecule has 0 aliphatic rings. The molecule has 118 valence electrons. The Bertz CT molecular complexity index is 458. The third kappa shape index (κ3) is 6.17. The highest BCUT2D eigenvalue weighted by molar-refractivity contribution is 5.92. The molecule has 1 amide bonds. The molecular weight excluding hydrogens is 264 g/mol. The number of hydrogen-bond donors (Lipinski definition) is 2. The molecule has 0 saturated carbocycles. The molecule has 0 saturated heterocycles. The van der Waals surface area contributed by atoms with Gasteiger partial charge in [0.1, 0.15) is 5.75 Å². The fourth-order valence-corrected chi connectivity index (χ4v) is 2.09. The number of carbonyl (C=O) groups excluding carboxylic acids is 1. The molecule has 4 nitrogen and oxygen atoms in total. The molecule has 0 aliphatic heterocycles. The molecule has 0 heterocycles. The van der Waals surface area contributed by atoms with Gasteiger partial charge in [-0.05, 0) is 43.4 Å². The highest BCUT2D eigenvalue weighted by atomic mass is 16.5. The van der Waals surface area contributed by atoms with E-state index < -0.39 is 0 Å². The highest BCUT2D eigenvalue weighted by Crippen LogP contribution is 2.27. The first-order chi connectivity index (χ1) is 9.96. The van der Waals surface area contributed by atoms with Crippen molar-refractivity contribution in [3.05, 3.63) is 23.8 Å². The van der Waals surface area contributed by atoms with Crippen LogP contribution in [-0.4, -0.2) is 18.6 Å². The summed E-state index contributed by atoms with van der Waals surface area (Å²) < 4.78 is 5.64. The second-order valence-corrected chi connectivity index (χ2v) is 5.78. The standard InChI is InChI=1S/C17H28N2O2/c1-5-14(18)10-13-7-8-15(16(11-13)21-6-2)19-17(20)9-12(3)4/h7-8,11-12,14H,5-6,9-10,18H2,1-4H3,(H,19,20). The third-order valence-electron chi connectivity index (χ3n) is 3.24. The summed E-state index contributed by atoms with van der Waals surface area (Å²) in [5.74, 6) is 1.07. The van der Waals surface area contributed by atoms with Crippen LogP contribution in [0, 0.1) is 5.92 Å². The monoisotopic (exact) mass is 292 g/mol. The molecule has 0 radical (unpaired) electrons. The van der Waals surface area contributed by atoms with Crippen LogP contribution >= 0.6 is 0 Å². The van der Waals surface area contributed by atoms with E-state index in [1.807, 2.05) is 39.0 Å². The molecule has 0 aromatic heterocycles. The molecule has 0 aliphatic carbocycles. The zero-order valence-electron chi connectivity index (χ0n) is 13.6. The second kappa shape index (κ2) is 8.67. The second-order valence-electron chi connectivity index (χ2n) is 5.78. The van der Waals surface area contributed by atoms with Crippen molar-refractivity contribution < 1.29 is 9.53 Å². The zero-order chi connectivity index (χ0) is 15.8. The van der Waals surface area contributed by atoms with E-state index in [1.54, 1.807) is 0 Å². The van der Waals surface area contributed by atoms with Gasteiger partial charge in [0, 0.05) is 12.5 Å². The molecule has 0 fully saturated rings. The first-order valence-corrected chi connectivity index (χ1v) is 7.77. The number of hydrogen-bond acceptors (Lipinski definition) is 3. The zero-order valence-corrected chi connectivity index (χ0v) is 13.6. The van der Waals surface area contributed by atoms with Crippen molar-refractivity contribution in [2.45, 2.75) is 53.0 Å². The van der Waals surface area contributed by atoms with Crippen LogP contribution in [0.5, 0.6) is 5.75 Å². The predicted octanol–water partition coefficient (Wildman–Crippen LogP) is 3.35. The van der Waals surface area contributed by atoms with Gasteiger partial charge >= 0.3 is 0 Å². The number of rotatable bonds is 8. The molecule has 4 heteroatoms. The predicted molar refractivity (Wildman–Crippen MR) is 87.7 cm³/mol. The summed E-state index contributed by atoms with van der Waals surface area (Å²) in [6.45, 7) is 8.63. The molecule has 3 N–H and O–H groups in total. The molecule has 0 bridgehead atoms. The lowest BCUT2D eigenvalue weighted by Gasteiger charge is -2.15. The largest absolute Gasteiger partial charge is 0.492 e. The van der Waals surface area contributed by atoms with Crippen LogP contribution in [0.3, 0.4) is 0 Å². The molecule has 21 heavy (non-hydrogen) atoms. The van der Waals surface area contributed by atoms with Gasteiger partial charge in [0.15, 0.2) is 0 Å². The maximum atomic E-state index is 11.9. The van der Waals surface area contributed by atoms with E-state index in [0.29, 0.717) is 18.9 Å². The smallest absolute Gasteiger partial charge is 0.224 e. The van der Waals surface area contributed by atoms with Crippen LogP contribution in [0.4, 0.5) is 5.69 Å². The van der Waals surface area contributed by atoms with Gasteiger partial charge in [0.05, 0.1) is 12.3 Å². The Morgan fingerprint density at radius 1 is 1.33 bits per heavy atom. The van der Waals surface area contributed by atoms with Gasteiger partial charge in [-0.25, -0.2) is 0 Å². The van der Waals surface area contributed by atoms with Gasteiger partial charge in [-0.1, -0.05) is 26.8 Å². The van der Waals surface area contributed by atoms with Crippen molar-refractivity contribution >= 4 is 11.6 Å². The first-order valence-electron chi connectivity index (χ1n) is 7.77. The van der Waals surface area contributed by atoms with Crippen LogP contribution in [-0.2, 0) is 11.2 Å². The van der Waals surface area contributed by atoms with Crippen LogP contribution in [0.2, 0.25) is 0 Å². The quantitative estimate of drug-likeness (QED) is 0.772. The molecule has 0 spiro atoms. The van der Waals surface area contributed by atoms with E-state index in [1.165, 1.54) is 0 Å². The van der Waals surface area contributed by atoms with Crippen molar-refractivity contribution in [1.82, 2.24) is 0 Å². The van der Waals surface area contributed by atoms with E-state index in [0.717, 1.165) is 29.8 Å². The highest BCUT2D eigenvalue weighted by Gasteiger charge is 2.11. The average molecular weight is 292 g/mol. The van der Waals surface area contributed by atoms with E-state index in [2.05, 4.69) is 12.2 Å². The Morgan fingerprint density at radius 2 is 2.05 bits per heavy atom. The molecule has 1 aromatic carbocycles. The van der Waals surface area contributed by atoms with Crippen LogP contribution in [0.15, 0.2) is 18.2 Å². The fraction of sp³-hybridized carbons (Fsp3) is 0.588. The lowest BCUT2D eigenvalue weighted by atomic mass is 10.0. The lowest BCUT2D eigenvalue weighted by Crippen LogP contribution is -2.21. The van der Waals surface area contributed by atoms with Crippen molar-refractivity contribution in [2.75, 3.05) is 11.9 Å². The lowest BCUT2D eigenvalue weighted by molar-refractivity contribution is -0.116. The van der Waals surface area contributed by atoms with Crippen molar-refractivity contribution in [3.8, 4) is 5.75 Å². The molecule has 1 unspecified atom stereocenters. The summed E-state index contributed by atoms with van der Waals surface area (Å²) in [4.78, 5) is 11.9. The summed E-state index contributed by atoms with van der Waals surface area (Å²) in [7, 11) is 0. The molecule has 1 rings (SSSR count). The number of anilines is 1.